The van der Waals surface area contributed by atoms with E-state index >= 15 is 0 Å². The Morgan fingerprint density at radius 2 is 0.676 bits per heavy atom. The van der Waals surface area contributed by atoms with Crippen LogP contribution in [0.3, 0.4) is 0 Å². The highest BCUT2D eigenvalue weighted by Crippen LogP contribution is 2.71. The summed E-state index contributed by atoms with van der Waals surface area (Å²) in [5, 5.41) is 81.1. The lowest BCUT2D eigenvalue weighted by Crippen LogP contribution is -2.28. The Bertz CT molecular complexity index is 5820. The van der Waals surface area contributed by atoms with Gasteiger partial charge in [-0.25, -0.2) is 0 Å². The molecule has 4 aliphatic carbocycles. The van der Waals surface area contributed by atoms with E-state index in [2.05, 4.69) is 137 Å². The van der Waals surface area contributed by atoms with Gasteiger partial charge in [0.1, 0.15) is 71.2 Å². The lowest BCUT2D eigenvalue weighted by atomic mass is 9.67. The van der Waals surface area contributed by atoms with Crippen molar-refractivity contribution in [1.29, 1.82) is 42.1 Å². The van der Waals surface area contributed by atoms with Crippen LogP contribution in [0.5, 0.6) is 11.5 Å². The summed E-state index contributed by atoms with van der Waals surface area (Å²) in [6.07, 6.45) is 3.33. The van der Waals surface area contributed by atoms with Gasteiger partial charge in [-0.05, 0) is 133 Å². The Morgan fingerprint density at radius 1 is 0.373 bits per heavy atom. The minimum Gasteiger partial charge on any atom is -0.495 e. The van der Waals surface area contributed by atoms with Gasteiger partial charge in [0, 0.05) is 64.1 Å². The molecule has 0 aliphatic heterocycles. The van der Waals surface area contributed by atoms with E-state index in [0.717, 1.165) is 104 Å². The van der Waals surface area contributed by atoms with Crippen molar-refractivity contribution in [1.82, 2.24) is 0 Å². The molecule has 6 aromatic carbocycles. The second-order valence-corrected chi connectivity index (χ2v) is 31.4. The lowest BCUT2D eigenvalue weighted by molar-refractivity contribution is 0.103. The zero-order valence-corrected chi connectivity index (χ0v) is 59.6. The molecule has 0 fully saturated rings. The molecule has 18 heteroatoms. The average molecular weight is 1420 g/mol. The Morgan fingerprint density at radius 3 is 0.961 bits per heavy atom. The molecule has 0 unspecified atom stereocenters. The van der Waals surface area contributed by atoms with E-state index in [1.807, 2.05) is 83.4 Å². The number of Topliss-reactive ketones (excluding diaryl/α,β-unsaturated/α-hetero) is 2. The van der Waals surface area contributed by atoms with Crippen molar-refractivity contribution in [2.45, 2.75) is 38.5 Å². The molecule has 12 aromatic rings. The van der Waals surface area contributed by atoms with Crippen molar-refractivity contribution in [3.63, 3.8) is 0 Å². The standard InChI is InChI=1S/C84H44N8O4S6/c1-41-7-15-51(16-8-41)83(52-17-9-42(2)10-18-52)63-31-67(77-65(95-5)29-55(97-77)27-61-69(49(37-89)38-90)57-23-45(33-85)47(35-87)25-59(57)73(61)93)99-75(63)79-71(83)81-82(101-79)72-80(102-81)76-64(84(72,53-19-11-43(3)12-20-53)54-21-13-44(4)14-22-54)32-68(100-76)78-66(96-6)30-56(98-78)28-62-70(50(39-91)40-92)58-24-46(34-86)48(36-88)26-60(58)74(62)94/h7-32H,1-6H3/b61-27-,62-28-. The summed E-state index contributed by atoms with van der Waals surface area (Å²) in [4.78, 5) is 38.2. The summed E-state index contributed by atoms with van der Waals surface area (Å²) in [6.45, 7) is 8.39. The molecule has 0 saturated carbocycles. The fourth-order valence-corrected chi connectivity index (χ4v) is 23.2. The van der Waals surface area contributed by atoms with E-state index in [0.29, 0.717) is 21.3 Å². The molecule has 6 heterocycles. The molecule has 16 rings (SSSR count). The molecule has 0 atom stereocenters. The van der Waals surface area contributed by atoms with Crippen LogP contribution < -0.4 is 9.47 Å². The number of nitriles is 8. The number of aryl methyl sites for hydroxylation is 4. The number of nitrogens with zero attached hydrogens (tertiary/aromatic N) is 8. The third kappa shape index (κ3) is 9.17. The number of carbonyl (C=O) groups excluding carboxylic acids is 2. The molecule has 0 radical (unpaired) electrons. The molecule has 6 aromatic heterocycles. The smallest absolute Gasteiger partial charge is 0.194 e. The summed E-state index contributed by atoms with van der Waals surface area (Å²) in [5.41, 5.74) is 12.2. The molecular weight excluding hydrogens is 1380 g/mol. The fourth-order valence-electron chi connectivity index (χ4n) is 15.0. The molecule has 0 amide bonds. The van der Waals surface area contributed by atoms with Crippen molar-refractivity contribution in [2.75, 3.05) is 14.2 Å². The second kappa shape index (κ2) is 24.2. The topological polar surface area (TPSA) is 243 Å². The number of carbonyl (C=O) groups is 2. The van der Waals surface area contributed by atoms with Crippen molar-refractivity contribution in [3.8, 4) is 99.1 Å². The highest BCUT2D eigenvalue weighted by Gasteiger charge is 2.55. The van der Waals surface area contributed by atoms with Crippen LogP contribution in [0.2, 0.25) is 0 Å². The Labute approximate surface area is 609 Å². The summed E-state index contributed by atoms with van der Waals surface area (Å²) in [6, 6.07) is 65.3. The van der Waals surface area contributed by atoms with Gasteiger partial charge in [0.15, 0.2) is 11.6 Å². The highest BCUT2D eigenvalue weighted by molar-refractivity contribution is 7.35. The predicted octanol–water partition coefficient (Wildman–Crippen LogP) is 20.2. The highest BCUT2D eigenvalue weighted by atomic mass is 32.1. The Kier molecular flexibility index (Phi) is 15.3. The van der Waals surface area contributed by atoms with Gasteiger partial charge >= 0.3 is 0 Å². The maximum absolute atomic E-state index is 14.5. The van der Waals surface area contributed by atoms with Gasteiger partial charge in [0.05, 0.1) is 86.0 Å². The van der Waals surface area contributed by atoms with Crippen molar-refractivity contribution >= 4 is 112 Å². The minimum atomic E-state index is -0.881. The van der Waals surface area contributed by atoms with Crippen LogP contribution in [0.4, 0.5) is 0 Å². The molecule has 0 spiro atoms. The largest absolute Gasteiger partial charge is 0.495 e. The van der Waals surface area contributed by atoms with E-state index < -0.39 is 22.4 Å². The van der Waals surface area contributed by atoms with Gasteiger partial charge in [-0.15, -0.1) is 68.0 Å². The van der Waals surface area contributed by atoms with E-state index in [9.17, 15) is 51.7 Å². The van der Waals surface area contributed by atoms with Gasteiger partial charge in [-0.1, -0.05) is 119 Å². The molecule has 4 aliphatic rings. The number of fused-ring (bicyclic) bond motifs is 11. The third-order valence-corrected chi connectivity index (χ3v) is 27.2. The zero-order valence-electron chi connectivity index (χ0n) is 54.7. The first-order valence-electron chi connectivity index (χ1n) is 31.7. The number of ether oxygens (including phenoxy) is 2. The van der Waals surface area contributed by atoms with Crippen LogP contribution in [-0.2, 0) is 10.8 Å². The summed E-state index contributed by atoms with van der Waals surface area (Å²) in [7, 11) is 3.22. The van der Waals surface area contributed by atoms with Gasteiger partial charge in [-0.2, -0.15) is 42.1 Å². The maximum Gasteiger partial charge on any atom is 0.194 e. The number of hydrogen-bond acceptors (Lipinski definition) is 18. The fraction of sp³-hybridized carbons (Fsp3) is 0.0952. The Balaban J connectivity index is 0.923. The first-order valence-corrected chi connectivity index (χ1v) is 36.6. The van der Waals surface area contributed by atoms with Crippen LogP contribution >= 0.6 is 68.0 Å². The number of hydrogen-bond donors (Lipinski definition) is 0. The third-order valence-electron chi connectivity index (χ3n) is 19.6. The van der Waals surface area contributed by atoms with E-state index in [4.69, 9.17) is 9.47 Å². The van der Waals surface area contributed by atoms with Crippen molar-refractivity contribution < 1.29 is 19.1 Å². The molecule has 0 saturated heterocycles. The van der Waals surface area contributed by atoms with E-state index in [1.54, 1.807) is 49.0 Å². The van der Waals surface area contributed by atoms with Crippen LogP contribution in [0.25, 0.3) is 71.7 Å². The van der Waals surface area contributed by atoms with Crippen molar-refractivity contribution in [3.05, 3.63) is 289 Å². The molecule has 0 bridgehead atoms. The summed E-state index contributed by atoms with van der Waals surface area (Å²) in [5.74, 6) is 0.147. The molecule has 0 N–H and O–H groups in total. The van der Waals surface area contributed by atoms with Crippen LogP contribution in [-0.4, -0.2) is 25.8 Å². The summed E-state index contributed by atoms with van der Waals surface area (Å²) < 4.78 is 14.8. The molecule has 12 nitrogen and oxygen atoms in total. The van der Waals surface area contributed by atoms with Gasteiger partial charge < -0.3 is 9.47 Å². The lowest BCUT2D eigenvalue weighted by Gasteiger charge is -2.34. The Hall–Kier alpha value is -12.4. The SMILES string of the molecule is COc1cc(/C=C2\C(=O)c3cc(C#N)c(C#N)cc3C2=C(C#N)C#N)sc1-c1cc2c(s1)-c1sc3c4c(sc3c1C2(c1ccc(C)cc1)c1ccc(C)cc1)-c1sc(-c2sc(/C=C3\C(=O)c5cc(C#N)c(C#N)cc5C3=C(C#N)C#N)cc2OC)cc1C4(c1ccc(C)cc1)c1ccc(C)cc1. The van der Waals surface area contributed by atoms with Gasteiger partial charge in [-0.3, -0.25) is 9.59 Å². The van der Waals surface area contributed by atoms with Crippen LogP contribution in [0.1, 0.15) is 131 Å². The second-order valence-electron chi connectivity index (χ2n) is 25.1. The predicted molar refractivity (Wildman–Crippen MR) is 401 cm³/mol. The first kappa shape index (κ1) is 64.3. The quantitative estimate of drug-likeness (QED) is 0.0917. The number of thiophene rings is 6. The number of ketones is 2. The normalized spacial score (nSPS) is 14.5. The minimum absolute atomic E-state index is 0.0104. The number of rotatable bonds is 10. The van der Waals surface area contributed by atoms with Gasteiger partial charge in [0.25, 0.3) is 0 Å². The maximum atomic E-state index is 14.5. The average Bonchev–Trinajstić information content (AvgIpc) is 1.48. The monoisotopic (exact) mass is 1420 g/mol. The first-order chi connectivity index (χ1) is 49.5. The molecule has 480 valence electrons. The number of benzene rings is 6. The van der Waals surface area contributed by atoms with Crippen LogP contribution in [0, 0.1) is 118 Å². The van der Waals surface area contributed by atoms with Gasteiger partial charge in [0.2, 0.25) is 0 Å². The zero-order chi connectivity index (χ0) is 70.9. The van der Waals surface area contributed by atoms with E-state index in [-0.39, 0.29) is 77.9 Å². The number of allylic oxidation sites excluding steroid dienone is 6. The van der Waals surface area contributed by atoms with Crippen molar-refractivity contribution in [2.24, 2.45) is 0 Å². The molecular formula is C84H44N8O4S6. The summed E-state index contributed by atoms with van der Waals surface area (Å²) >= 11 is 9.83. The van der Waals surface area contributed by atoms with E-state index in [1.165, 1.54) is 58.1 Å². The molecule has 102 heavy (non-hydrogen) atoms. The van der Waals surface area contributed by atoms with Crippen LogP contribution in [0.15, 0.2) is 168 Å². The number of methoxy groups -OCH3 is 2.